The molecule has 1 aromatic heterocycles. The van der Waals surface area contributed by atoms with Crippen LogP contribution in [-0.2, 0) is 0 Å². The maximum absolute atomic E-state index is 7.39. The lowest BCUT2D eigenvalue weighted by Gasteiger charge is -2.26. The Morgan fingerprint density at radius 3 is 2.72 bits per heavy atom. The van der Waals surface area contributed by atoms with Crippen LogP contribution in [0.5, 0.6) is 5.88 Å². The quantitative estimate of drug-likeness (QED) is 0.590. The lowest BCUT2D eigenvalue weighted by atomic mass is 10.1. The molecular weight excluding hydrogens is 230 g/mol. The zero-order chi connectivity index (χ0) is 12.8. The average Bonchev–Trinajstić information content (AvgIpc) is 2.40. The van der Waals surface area contributed by atoms with Gasteiger partial charge in [-0.3, -0.25) is 10.3 Å². The molecule has 0 atom stereocenters. The molecule has 2 rings (SSSR count). The Kier molecular flexibility index (Phi) is 4.46. The highest BCUT2D eigenvalue weighted by atomic mass is 16.5. The van der Waals surface area contributed by atoms with Gasteiger partial charge in [0.25, 0.3) is 0 Å². The number of aromatic nitrogens is 2. The van der Waals surface area contributed by atoms with Crippen molar-refractivity contribution >= 4 is 5.84 Å². The van der Waals surface area contributed by atoms with Crippen LogP contribution in [-0.4, -0.2) is 46.9 Å². The van der Waals surface area contributed by atoms with Gasteiger partial charge in [-0.2, -0.15) is 0 Å². The number of ether oxygens (including phenoxy) is 1. The van der Waals surface area contributed by atoms with E-state index < -0.39 is 0 Å². The number of nitrogen functional groups attached to an aromatic ring is 1. The summed E-state index contributed by atoms with van der Waals surface area (Å²) in [4.78, 5) is 10.4. The van der Waals surface area contributed by atoms with Crippen molar-refractivity contribution < 1.29 is 4.74 Å². The van der Waals surface area contributed by atoms with Crippen LogP contribution in [0.15, 0.2) is 12.4 Å². The van der Waals surface area contributed by atoms with Gasteiger partial charge >= 0.3 is 0 Å². The molecule has 1 aliphatic rings. The van der Waals surface area contributed by atoms with Crippen molar-refractivity contribution in [1.82, 2.24) is 14.9 Å². The van der Waals surface area contributed by atoms with E-state index in [0.29, 0.717) is 18.2 Å². The number of piperidine rings is 1. The van der Waals surface area contributed by atoms with E-state index in [1.807, 2.05) is 0 Å². The predicted molar refractivity (Wildman–Crippen MR) is 68.8 cm³/mol. The van der Waals surface area contributed by atoms with Gasteiger partial charge in [0.05, 0.1) is 0 Å². The van der Waals surface area contributed by atoms with Gasteiger partial charge in [0.2, 0.25) is 5.88 Å². The van der Waals surface area contributed by atoms with E-state index in [1.165, 1.54) is 25.5 Å². The molecular formula is C12H19N5O. The smallest absolute Gasteiger partial charge is 0.243 e. The van der Waals surface area contributed by atoms with E-state index in [-0.39, 0.29) is 5.84 Å². The van der Waals surface area contributed by atoms with Gasteiger partial charge in [0, 0.05) is 18.9 Å². The molecule has 0 saturated carbocycles. The molecule has 1 saturated heterocycles. The van der Waals surface area contributed by atoms with Gasteiger partial charge in [-0.1, -0.05) is 6.42 Å². The van der Waals surface area contributed by atoms with Gasteiger partial charge in [-0.05, 0) is 25.9 Å². The van der Waals surface area contributed by atoms with Crippen LogP contribution in [0.1, 0.15) is 25.0 Å². The highest BCUT2D eigenvalue weighted by Gasteiger charge is 2.12. The Morgan fingerprint density at radius 2 is 2.00 bits per heavy atom. The largest absolute Gasteiger partial charge is 0.475 e. The Balaban J connectivity index is 1.84. The molecule has 1 aliphatic heterocycles. The summed E-state index contributed by atoms with van der Waals surface area (Å²) >= 11 is 0. The van der Waals surface area contributed by atoms with Gasteiger partial charge < -0.3 is 10.5 Å². The number of likely N-dealkylation sites (tertiary alicyclic amines) is 1. The van der Waals surface area contributed by atoms with Crippen molar-refractivity contribution in [1.29, 1.82) is 5.41 Å². The normalized spacial score (nSPS) is 16.4. The van der Waals surface area contributed by atoms with Crippen LogP contribution >= 0.6 is 0 Å². The summed E-state index contributed by atoms with van der Waals surface area (Å²) in [6.07, 6.45) is 6.92. The van der Waals surface area contributed by atoms with E-state index in [9.17, 15) is 0 Å². The second kappa shape index (κ2) is 6.30. The second-order valence-corrected chi connectivity index (χ2v) is 4.37. The molecule has 18 heavy (non-hydrogen) atoms. The first-order valence-corrected chi connectivity index (χ1v) is 6.28. The van der Waals surface area contributed by atoms with Crippen LogP contribution in [0.2, 0.25) is 0 Å². The fraction of sp³-hybridized carbons (Fsp3) is 0.583. The Labute approximate surface area is 107 Å². The Hall–Kier alpha value is -1.69. The van der Waals surface area contributed by atoms with E-state index in [0.717, 1.165) is 19.6 Å². The zero-order valence-electron chi connectivity index (χ0n) is 10.4. The van der Waals surface area contributed by atoms with Gasteiger partial charge in [0.1, 0.15) is 12.4 Å². The van der Waals surface area contributed by atoms with Crippen molar-refractivity contribution in [2.45, 2.75) is 19.3 Å². The van der Waals surface area contributed by atoms with Gasteiger partial charge in [-0.25, -0.2) is 9.97 Å². The maximum atomic E-state index is 7.39. The SMILES string of the molecule is N=C(N)c1nccnc1OCCN1CCCCC1. The van der Waals surface area contributed by atoms with Crippen LogP contribution < -0.4 is 10.5 Å². The molecule has 6 nitrogen and oxygen atoms in total. The zero-order valence-corrected chi connectivity index (χ0v) is 10.4. The minimum Gasteiger partial charge on any atom is -0.475 e. The maximum Gasteiger partial charge on any atom is 0.243 e. The molecule has 0 bridgehead atoms. The number of hydrogen-bond acceptors (Lipinski definition) is 5. The molecule has 0 radical (unpaired) electrons. The van der Waals surface area contributed by atoms with Crippen molar-refractivity contribution in [2.24, 2.45) is 5.73 Å². The van der Waals surface area contributed by atoms with E-state index in [2.05, 4.69) is 14.9 Å². The molecule has 0 amide bonds. The first-order valence-electron chi connectivity index (χ1n) is 6.28. The third-order valence-corrected chi connectivity index (χ3v) is 3.01. The summed E-state index contributed by atoms with van der Waals surface area (Å²) in [6.45, 7) is 3.72. The van der Waals surface area contributed by atoms with E-state index in [1.54, 1.807) is 6.20 Å². The summed E-state index contributed by atoms with van der Waals surface area (Å²) in [5.74, 6) is 0.234. The van der Waals surface area contributed by atoms with E-state index in [4.69, 9.17) is 15.9 Å². The molecule has 1 fully saturated rings. The average molecular weight is 249 g/mol. The molecule has 1 aromatic rings. The number of nitrogens with one attached hydrogen (secondary N) is 1. The number of hydrogen-bond donors (Lipinski definition) is 2. The highest BCUT2D eigenvalue weighted by Crippen LogP contribution is 2.11. The summed E-state index contributed by atoms with van der Waals surface area (Å²) in [5.41, 5.74) is 5.74. The third kappa shape index (κ3) is 3.40. The van der Waals surface area contributed by atoms with Crippen LogP contribution in [0, 0.1) is 5.41 Å². The fourth-order valence-electron chi connectivity index (χ4n) is 2.07. The molecule has 6 heteroatoms. The summed E-state index contributed by atoms with van der Waals surface area (Å²) in [7, 11) is 0. The van der Waals surface area contributed by atoms with Crippen LogP contribution in [0.3, 0.4) is 0 Å². The lowest BCUT2D eigenvalue weighted by Crippen LogP contribution is -2.33. The minimum absolute atomic E-state index is 0.115. The molecule has 0 spiro atoms. The minimum atomic E-state index is -0.115. The van der Waals surface area contributed by atoms with Crippen LogP contribution in [0.25, 0.3) is 0 Å². The molecule has 0 aliphatic carbocycles. The standard InChI is InChI=1S/C12H19N5O/c13-11(14)10-12(16-5-4-15-10)18-9-8-17-6-2-1-3-7-17/h4-5H,1-3,6-9H2,(H3,13,14). The van der Waals surface area contributed by atoms with E-state index >= 15 is 0 Å². The van der Waals surface area contributed by atoms with Gasteiger partial charge in [-0.15, -0.1) is 0 Å². The first-order chi connectivity index (χ1) is 8.77. The predicted octanol–water partition coefficient (Wildman–Crippen LogP) is 0.625. The number of rotatable bonds is 5. The molecule has 3 N–H and O–H groups in total. The lowest BCUT2D eigenvalue weighted by molar-refractivity contribution is 0.180. The Bertz CT molecular complexity index is 403. The van der Waals surface area contributed by atoms with Gasteiger partial charge in [0.15, 0.2) is 5.69 Å². The number of nitrogens with zero attached hydrogens (tertiary/aromatic N) is 3. The topological polar surface area (TPSA) is 88.1 Å². The molecule has 0 aromatic carbocycles. The molecule has 0 unspecified atom stereocenters. The first kappa shape index (κ1) is 12.8. The second-order valence-electron chi connectivity index (χ2n) is 4.37. The summed E-state index contributed by atoms with van der Waals surface area (Å²) in [5, 5.41) is 7.39. The molecule has 2 heterocycles. The Morgan fingerprint density at radius 1 is 1.28 bits per heavy atom. The van der Waals surface area contributed by atoms with Crippen molar-refractivity contribution in [2.75, 3.05) is 26.2 Å². The number of amidine groups is 1. The summed E-state index contributed by atoms with van der Waals surface area (Å²) in [6, 6.07) is 0. The summed E-state index contributed by atoms with van der Waals surface area (Å²) < 4.78 is 5.57. The van der Waals surface area contributed by atoms with Crippen molar-refractivity contribution in [3.05, 3.63) is 18.1 Å². The monoisotopic (exact) mass is 249 g/mol. The van der Waals surface area contributed by atoms with Crippen LogP contribution in [0.4, 0.5) is 0 Å². The highest BCUT2D eigenvalue weighted by molar-refractivity contribution is 5.94. The number of nitrogens with two attached hydrogens (primary N) is 1. The third-order valence-electron chi connectivity index (χ3n) is 3.01. The molecule has 98 valence electrons. The van der Waals surface area contributed by atoms with Crippen molar-refractivity contribution in [3.63, 3.8) is 0 Å². The fourth-order valence-corrected chi connectivity index (χ4v) is 2.07. The van der Waals surface area contributed by atoms with Crippen molar-refractivity contribution in [3.8, 4) is 5.88 Å².